The van der Waals surface area contributed by atoms with Gasteiger partial charge in [-0.3, -0.25) is 14.2 Å². The number of amides is 1. The lowest BCUT2D eigenvalue weighted by Gasteiger charge is -2.36. The van der Waals surface area contributed by atoms with Crippen LogP contribution in [-0.4, -0.2) is 46.5 Å². The summed E-state index contributed by atoms with van der Waals surface area (Å²) in [6, 6.07) is 17.8. The molecular formula is C24H26N4O2. The highest BCUT2D eigenvalue weighted by Gasteiger charge is 2.22. The fraction of sp³-hybridized carbons (Fsp3) is 0.292. The number of nitrogens with zero attached hydrogens (tertiary/aromatic N) is 4. The van der Waals surface area contributed by atoms with Crippen LogP contribution >= 0.6 is 0 Å². The summed E-state index contributed by atoms with van der Waals surface area (Å²) in [5.41, 5.74) is 4.87. The molecule has 1 saturated heterocycles. The summed E-state index contributed by atoms with van der Waals surface area (Å²) in [6.07, 6.45) is 1.47. The van der Waals surface area contributed by atoms with Crippen LogP contribution in [0, 0.1) is 13.8 Å². The quantitative estimate of drug-likeness (QED) is 0.673. The van der Waals surface area contributed by atoms with Crippen LogP contribution in [0.25, 0.3) is 11.3 Å². The van der Waals surface area contributed by atoms with E-state index in [1.165, 1.54) is 28.2 Å². The maximum atomic E-state index is 12.7. The zero-order valence-corrected chi connectivity index (χ0v) is 17.4. The second kappa shape index (κ2) is 8.53. The summed E-state index contributed by atoms with van der Waals surface area (Å²) >= 11 is 0. The largest absolute Gasteiger partial charge is 0.368 e. The average Bonchev–Trinajstić information content (AvgIpc) is 2.76. The normalized spacial score (nSPS) is 14.1. The van der Waals surface area contributed by atoms with Crippen LogP contribution in [0.4, 0.5) is 5.69 Å². The van der Waals surface area contributed by atoms with Gasteiger partial charge in [0.1, 0.15) is 6.54 Å². The van der Waals surface area contributed by atoms with Crippen LogP contribution in [0.2, 0.25) is 0 Å². The maximum Gasteiger partial charge on any atom is 0.254 e. The number of hydrogen-bond acceptors (Lipinski definition) is 4. The predicted octanol–water partition coefficient (Wildman–Crippen LogP) is 2.88. The minimum Gasteiger partial charge on any atom is -0.368 e. The number of carbonyl (C=O) groups is 1. The minimum absolute atomic E-state index is 0.0183. The number of hydrogen-bond donors (Lipinski definition) is 0. The average molecular weight is 402 g/mol. The van der Waals surface area contributed by atoms with E-state index < -0.39 is 0 Å². The van der Waals surface area contributed by atoms with Crippen molar-refractivity contribution in [2.24, 2.45) is 0 Å². The van der Waals surface area contributed by atoms with Crippen molar-refractivity contribution in [3.63, 3.8) is 0 Å². The molecule has 0 N–H and O–H groups in total. The first-order valence-corrected chi connectivity index (χ1v) is 10.2. The molecule has 1 aromatic heterocycles. The van der Waals surface area contributed by atoms with Crippen LogP contribution in [0.1, 0.15) is 11.1 Å². The molecule has 154 valence electrons. The molecule has 0 aliphatic carbocycles. The Bertz CT molecular complexity index is 1100. The van der Waals surface area contributed by atoms with Crippen LogP contribution in [0.15, 0.2) is 65.7 Å². The zero-order valence-electron chi connectivity index (χ0n) is 17.4. The van der Waals surface area contributed by atoms with Crippen molar-refractivity contribution in [3.8, 4) is 11.3 Å². The van der Waals surface area contributed by atoms with Gasteiger partial charge in [-0.1, -0.05) is 42.0 Å². The van der Waals surface area contributed by atoms with E-state index in [1.54, 1.807) is 0 Å². The Hall–Kier alpha value is -3.41. The summed E-state index contributed by atoms with van der Waals surface area (Å²) in [4.78, 5) is 33.7. The van der Waals surface area contributed by atoms with Gasteiger partial charge in [0.15, 0.2) is 0 Å². The zero-order chi connectivity index (χ0) is 21.1. The van der Waals surface area contributed by atoms with Crippen molar-refractivity contribution >= 4 is 11.6 Å². The van der Waals surface area contributed by atoms with E-state index in [9.17, 15) is 9.59 Å². The predicted molar refractivity (Wildman–Crippen MR) is 119 cm³/mol. The number of anilines is 1. The van der Waals surface area contributed by atoms with Crippen LogP contribution in [0.3, 0.4) is 0 Å². The first-order chi connectivity index (χ1) is 14.5. The van der Waals surface area contributed by atoms with Gasteiger partial charge in [-0.25, -0.2) is 4.98 Å². The summed E-state index contributed by atoms with van der Waals surface area (Å²) in [7, 11) is 0. The summed E-state index contributed by atoms with van der Waals surface area (Å²) in [5, 5.41) is 0. The van der Waals surface area contributed by atoms with Gasteiger partial charge in [0, 0.05) is 43.5 Å². The van der Waals surface area contributed by atoms with Crippen molar-refractivity contribution in [1.29, 1.82) is 0 Å². The molecule has 0 spiro atoms. The van der Waals surface area contributed by atoms with E-state index in [0.717, 1.165) is 24.2 Å². The number of rotatable bonds is 4. The summed E-state index contributed by atoms with van der Waals surface area (Å²) in [5.74, 6) is -0.0501. The highest BCUT2D eigenvalue weighted by Crippen LogP contribution is 2.18. The molecule has 30 heavy (non-hydrogen) atoms. The molecule has 1 aliphatic heterocycles. The molecule has 1 amide bonds. The Morgan fingerprint density at radius 2 is 1.67 bits per heavy atom. The highest BCUT2D eigenvalue weighted by atomic mass is 16.2. The lowest BCUT2D eigenvalue weighted by atomic mass is 10.1. The smallest absolute Gasteiger partial charge is 0.254 e. The van der Waals surface area contributed by atoms with Gasteiger partial charge >= 0.3 is 0 Å². The SMILES string of the molecule is Cc1ccc(-c2cc(=O)n(CC(=O)N3CCN(c4cccc(C)c4)CC3)cn2)cc1. The van der Waals surface area contributed by atoms with E-state index in [4.69, 9.17) is 0 Å². The molecule has 0 bridgehead atoms. The Morgan fingerprint density at radius 1 is 0.933 bits per heavy atom. The number of carbonyl (C=O) groups excluding carboxylic acids is 1. The lowest BCUT2D eigenvalue weighted by molar-refractivity contribution is -0.132. The van der Waals surface area contributed by atoms with E-state index >= 15 is 0 Å². The molecule has 0 radical (unpaired) electrons. The third kappa shape index (κ3) is 4.43. The van der Waals surface area contributed by atoms with E-state index in [0.29, 0.717) is 18.8 Å². The molecule has 2 aromatic carbocycles. The summed E-state index contributed by atoms with van der Waals surface area (Å²) in [6.45, 7) is 6.99. The second-order valence-corrected chi connectivity index (χ2v) is 7.81. The first-order valence-electron chi connectivity index (χ1n) is 10.2. The van der Waals surface area contributed by atoms with Crippen molar-refractivity contribution in [3.05, 3.63) is 82.4 Å². The van der Waals surface area contributed by atoms with Crippen LogP contribution in [-0.2, 0) is 11.3 Å². The monoisotopic (exact) mass is 402 g/mol. The molecule has 0 unspecified atom stereocenters. The van der Waals surface area contributed by atoms with Gasteiger partial charge in [0.2, 0.25) is 5.91 Å². The molecular weight excluding hydrogens is 376 g/mol. The fourth-order valence-electron chi connectivity index (χ4n) is 3.71. The molecule has 1 aliphatic rings. The number of benzene rings is 2. The van der Waals surface area contributed by atoms with Gasteiger partial charge in [-0.05, 0) is 31.5 Å². The van der Waals surface area contributed by atoms with Gasteiger partial charge < -0.3 is 9.80 Å². The van der Waals surface area contributed by atoms with Crippen molar-refractivity contribution in [2.75, 3.05) is 31.1 Å². The number of piperazine rings is 1. The number of aromatic nitrogens is 2. The summed E-state index contributed by atoms with van der Waals surface area (Å²) < 4.78 is 1.38. The molecule has 2 heterocycles. The van der Waals surface area contributed by atoms with Crippen LogP contribution in [0.5, 0.6) is 0 Å². The first kappa shape index (κ1) is 19.9. The van der Waals surface area contributed by atoms with Gasteiger partial charge in [-0.2, -0.15) is 0 Å². The fourth-order valence-corrected chi connectivity index (χ4v) is 3.71. The van der Waals surface area contributed by atoms with Crippen molar-refractivity contribution in [1.82, 2.24) is 14.5 Å². The molecule has 4 rings (SSSR count). The molecule has 1 fully saturated rings. The molecule has 0 saturated carbocycles. The Balaban J connectivity index is 1.38. The van der Waals surface area contributed by atoms with E-state index in [2.05, 4.69) is 41.1 Å². The lowest BCUT2D eigenvalue weighted by Crippen LogP contribution is -2.50. The second-order valence-electron chi connectivity index (χ2n) is 7.81. The van der Waals surface area contributed by atoms with Gasteiger partial charge in [-0.15, -0.1) is 0 Å². The highest BCUT2D eigenvalue weighted by molar-refractivity contribution is 5.76. The van der Waals surface area contributed by atoms with Crippen LogP contribution < -0.4 is 10.5 Å². The Labute approximate surface area is 176 Å². The molecule has 6 heteroatoms. The standard InChI is InChI=1S/C24H26N4O2/c1-18-6-8-20(9-7-18)22-15-23(29)28(17-25-22)16-24(30)27-12-10-26(11-13-27)21-5-3-4-19(2)14-21/h3-9,14-15,17H,10-13,16H2,1-2H3. The third-order valence-electron chi connectivity index (χ3n) is 5.53. The van der Waals surface area contributed by atoms with Gasteiger partial charge in [0.25, 0.3) is 5.56 Å². The Kier molecular flexibility index (Phi) is 5.65. The topological polar surface area (TPSA) is 58.4 Å². The minimum atomic E-state index is -0.215. The maximum absolute atomic E-state index is 12.7. The van der Waals surface area contributed by atoms with Crippen molar-refractivity contribution < 1.29 is 4.79 Å². The van der Waals surface area contributed by atoms with Gasteiger partial charge in [0.05, 0.1) is 12.0 Å². The van der Waals surface area contributed by atoms with E-state index in [-0.39, 0.29) is 18.0 Å². The number of aryl methyl sites for hydroxylation is 2. The molecule has 0 atom stereocenters. The molecule has 3 aromatic rings. The van der Waals surface area contributed by atoms with E-state index in [1.807, 2.05) is 36.1 Å². The molecule has 6 nitrogen and oxygen atoms in total. The Morgan fingerprint density at radius 3 is 2.33 bits per heavy atom. The van der Waals surface area contributed by atoms with Crippen molar-refractivity contribution in [2.45, 2.75) is 20.4 Å². The third-order valence-corrected chi connectivity index (χ3v) is 5.53.